The molecule has 33 heavy (non-hydrogen) atoms. The SMILES string of the molecule is COc1ccc(C(C(N)=O)c2nc(C(=O)OCC3CC3)c(-c3ccc(F)cc3)s2)cc1OC. The van der Waals surface area contributed by atoms with Crippen molar-refractivity contribution in [1.29, 1.82) is 0 Å². The molecule has 4 rings (SSSR count). The number of halogens is 1. The molecule has 0 spiro atoms. The highest BCUT2D eigenvalue weighted by molar-refractivity contribution is 7.15. The molecule has 1 aliphatic rings. The molecule has 0 bridgehead atoms. The second-order valence-corrected chi connectivity index (χ2v) is 8.76. The number of aromatic nitrogens is 1. The number of thiazole rings is 1. The van der Waals surface area contributed by atoms with E-state index in [-0.39, 0.29) is 5.69 Å². The lowest BCUT2D eigenvalue weighted by molar-refractivity contribution is -0.118. The first-order chi connectivity index (χ1) is 15.9. The van der Waals surface area contributed by atoms with Crippen molar-refractivity contribution in [3.05, 3.63) is 64.5 Å². The Hall–Kier alpha value is -3.46. The first kappa shape index (κ1) is 22.7. The largest absolute Gasteiger partial charge is 0.493 e. The van der Waals surface area contributed by atoms with Gasteiger partial charge >= 0.3 is 5.97 Å². The third kappa shape index (κ3) is 4.98. The van der Waals surface area contributed by atoms with Crippen LogP contribution >= 0.6 is 11.3 Å². The van der Waals surface area contributed by atoms with Gasteiger partial charge in [-0.2, -0.15) is 0 Å². The Balaban J connectivity index is 1.77. The molecule has 0 radical (unpaired) electrons. The number of nitrogens with zero attached hydrogens (tertiary/aromatic N) is 1. The average Bonchev–Trinajstić information content (AvgIpc) is 3.55. The molecule has 0 saturated heterocycles. The van der Waals surface area contributed by atoms with Crippen LogP contribution in [0.3, 0.4) is 0 Å². The zero-order valence-electron chi connectivity index (χ0n) is 18.2. The summed E-state index contributed by atoms with van der Waals surface area (Å²) in [6.07, 6.45) is 2.06. The fraction of sp³-hybridized carbons (Fsp3) is 0.292. The van der Waals surface area contributed by atoms with Crippen molar-refractivity contribution in [2.24, 2.45) is 11.7 Å². The van der Waals surface area contributed by atoms with E-state index in [0.717, 1.165) is 24.2 Å². The van der Waals surface area contributed by atoms with Crippen LogP contribution in [0.15, 0.2) is 42.5 Å². The van der Waals surface area contributed by atoms with Gasteiger partial charge in [0.1, 0.15) is 16.7 Å². The fourth-order valence-corrected chi connectivity index (χ4v) is 4.60. The third-order valence-corrected chi connectivity index (χ3v) is 6.53. The molecular formula is C24H23FN2O5S. The summed E-state index contributed by atoms with van der Waals surface area (Å²) in [5.74, 6) is -1.24. The Labute approximate surface area is 194 Å². The van der Waals surface area contributed by atoms with Gasteiger partial charge in [0, 0.05) is 0 Å². The van der Waals surface area contributed by atoms with Gasteiger partial charge in [-0.05, 0) is 54.2 Å². The number of amides is 1. The summed E-state index contributed by atoms with van der Waals surface area (Å²) in [6, 6.07) is 10.7. The maximum absolute atomic E-state index is 13.5. The molecule has 1 unspecified atom stereocenters. The molecule has 3 aromatic rings. The van der Waals surface area contributed by atoms with Crippen molar-refractivity contribution in [1.82, 2.24) is 4.98 Å². The van der Waals surface area contributed by atoms with Crippen LogP contribution in [0.1, 0.15) is 39.8 Å². The predicted octanol–water partition coefficient (Wildman–Crippen LogP) is 4.15. The van der Waals surface area contributed by atoms with E-state index in [1.54, 1.807) is 30.3 Å². The van der Waals surface area contributed by atoms with E-state index in [1.807, 2.05) is 0 Å². The van der Waals surface area contributed by atoms with Gasteiger partial charge in [-0.15, -0.1) is 11.3 Å². The molecule has 9 heteroatoms. The molecule has 7 nitrogen and oxygen atoms in total. The quantitative estimate of drug-likeness (QED) is 0.472. The number of rotatable bonds is 9. The van der Waals surface area contributed by atoms with Crippen molar-refractivity contribution >= 4 is 23.2 Å². The van der Waals surface area contributed by atoms with Gasteiger partial charge in [0.15, 0.2) is 17.2 Å². The number of hydrogen-bond donors (Lipinski definition) is 1. The van der Waals surface area contributed by atoms with Crippen molar-refractivity contribution in [3.8, 4) is 21.9 Å². The first-order valence-electron chi connectivity index (χ1n) is 10.4. The topological polar surface area (TPSA) is 101 Å². The summed E-state index contributed by atoms with van der Waals surface area (Å²) < 4.78 is 29.5. The molecular weight excluding hydrogens is 447 g/mol. The number of nitrogens with two attached hydrogens (primary N) is 1. The lowest BCUT2D eigenvalue weighted by Gasteiger charge is -2.14. The Kier molecular flexibility index (Phi) is 6.60. The highest BCUT2D eigenvalue weighted by Gasteiger charge is 2.31. The Morgan fingerprint density at radius 3 is 2.42 bits per heavy atom. The molecule has 1 fully saturated rings. The predicted molar refractivity (Wildman–Crippen MR) is 121 cm³/mol. The molecule has 0 aliphatic heterocycles. The molecule has 1 aromatic heterocycles. The van der Waals surface area contributed by atoms with Gasteiger partial charge in [-0.1, -0.05) is 18.2 Å². The number of ether oxygens (including phenoxy) is 3. The van der Waals surface area contributed by atoms with Crippen LogP contribution in [0.5, 0.6) is 11.5 Å². The zero-order chi connectivity index (χ0) is 23.5. The summed E-state index contributed by atoms with van der Waals surface area (Å²) in [5, 5.41) is 0.326. The summed E-state index contributed by atoms with van der Waals surface area (Å²) in [6.45, 7) is 0.323. The van der Waals surface area contributed by atoms with Crippen molar-refractivity contribution in [3.63, 3.8) is 0 Å². The van der Waals surface area contributed by atoms with Crippen LogP contribution in [0.25, 0.3) is 10.4 Å². The average molecular weight is 471 g/mol. The van der Waals surface area contributed by atoms with Gasteiger partial charge in [0.25, 0.3) is 0 Å². The van der Waals surface area contributed by atoms with E-state index in [9.17, 15) is 14.0 Å². The van der Waals surface area contributed by atoms with Crippen LogP contribution in [0, 0.1) is 11.7 Å². The van der Waals surface area contributed by atoms with Gasteiger partial charge in [-0.25, -0.2) is 14.2 Å². The van der Waals surface area contributed by atoms with E-state index in [0.29, 0.717) is 45.0 Å². The highest BCUT2D eigenvalue weighted by atomic mass is 32.1. The Morgan fingerprint density at radius 1 is 1.12 bits per heavy atom. The van der Waals surface area contributed by atoms with E-state index in [2.05, 4.69) is 4.98 Å². The smallest absolute Gasteiger partial charge is 0.358 e. The third-order valence-electron chi connectivity index (χ3n) is 5.36. The maximum atomic E-state index is 13.5. The number of carbonyl (C=O) groups excluding carboxylic acids is 2. The van der Waals surface area contributed by atoms with Gasteiger partial charge < -0.3 is 19.9 Å². The number of benzene rings is 2. The highest BCUT2D eigenvalue weighted by Crippen LogP contribution is 2.39. The van der Waals surface area contributed by atoms with Crippen LogP contribution in [-0.4, -0.2) is 37.7 Å². The van der Waals surface area contributed by atoms with Gasteiger partial charge in [0.2, 0.25) is 5.91 Å². The minimum Gasteiger partial charge on any atom is -0.493 e. The second kappa shape index (κ2) is 9.58. The standard InChI is InChI=1S/C24H23FN2O5S/c1-30-17-10-7-15(11-18(17)31-2)19(22(26)28)23-27-20(24(29)32-12-13-3-4-13)21(33-23)14-5-8-16(25)9-6-14/h5-11,13,19H,3-4,12H2,1-2H3,(H2,26,28). The molecule has 1 heterocycles. The first-order valence-corrected chi connectivity index (χ1v) is 11.2. The maximum Gasteiger partial charge on any atom is 0.358 e. The fourth-order valence-electron chi connectivity index (χ4n) is 3.40. The monoisotopic (exact) mass is 470 g/mol. The van der Waals surface area contributed by atoms with E-state index >= 15 is 0 Å². The second-order valence-electron chi connectivity index (χ2n) is 7.73. The van der Waals surface area contributed by atoms with E-state index in [4.69, 9.17) is 19.9 Å². The molecule has 1 atom stereocenters. The summed E-state index contributed by atoms with van der Waals surface area (Å²) in [7, 11) is 3.00. The van der Waals surface area contributed by atoms with Gasteiger partial charge in [-0.3, -0.25) is 4.79 Å². The number of methoxy groups -OCH3 is 2. The number of carbonyl (C=O) groups is 2. The van der Waals surface area contributed by atoms with Crippen molar-refractivity contribution in [2.75, 3.05) is 20.8 Å². The lowest BCUT2D eigenvalue weighted by atomic mass is 9.98. The Bertz CT molecular complexity index is 1170. The Morgan fingerprint density at radius 2 is 1.82 bits per heavy atom. The molecule has 2 aromatic carbocycles. The molecule has 1 aliphatic carbocycles. The van der Waals surface area contributed by atoms with Crippen LogP contribution in [0.4, 0.5) is 4.39 Å². The van der Waals surface area contributed by atoms with Crippen LogP contribution in [-0.2, 0) is 9.53 Å². The van der Waals surface area contributed by atoms with Crippen molar-refractivity contribution < 1.29 is 28.2 Å². The normalized spacial score (nSPS) is 13.9. The van der Waals surface area contributed by atoms with E-state index in [1.165, 1.54) is 26.4 Å². The number of hydrogen-bond acceptors (Lipinski definition) is 7. The summed E-state index contributed by atoms with van der Waals surface area (Å²) >= 11 is 1.14. The van der Waals surface area contributed by atoms with E-state index < -0.39 is 23.6 Å². The van der Waals surface area contributed by atoms with Gasteiger partial charge in [0.05, 0.1) is 25.7 Å². The minimum atomic E-state index is -0.931. The van der Waals surface area contributed by atoms with Crippen molar-refractivity contribution in [2.45, 2.75) is 18.8 Å². The number of primary amides is 1. The molecule has 1 saturated carbocycles. The van der Waals surface area contributed by atoms with Crippen LogP contribution < -0.4 is 15.2 Å². The van der Waals surface area contributed by atoms with Crippen LogP contribution in [0.2, 0.25) is 0 Å². The molecule has 1 amide bonds. The number of esters is 1. The molecule has 172 valence electrons. The minimum absolute atomic E-state index is 0.0778. The summed E-state index contributed by atoms with van der Waals surface area (Å²) in [5.41, 5.74) is 6.96. The lowest BCUT2D eigenvalue weighted by Crippen LogP contribution is -2.22. The zero-order valence-corrected chi connectivity index (χ0v) is 19.0. The molecule has 2 N–H and O–H groups in total. The summed E-state index contributed by atoms with van der Waals surface area (Å²) in [4.78, 5) is 30.3.